The Morgan fingerprint density at radius 2 is 1.97 bits per heavy atom. The molecule has 1 aromatic carbocycles. The minimum absolute atomic E-state index is 0.0289. The van der Waals surface area contributed by atoms with E-state index in [0.29, 0.717) is 16.3 Å². The second kappa shape index (κ2) is 10.1. The molecule has 0 spiro atoms. The summed E-state index contributed by atoms with van der Waals surface area (Å²) in [5, 5.41) is 11.3. The fourth-order valence-electron chi connectivity index (χ4n) is 3.03. The van der Waals surface area contributed by atoms with Crippen LogP contribution in [0.1, 0.15) is 36.0 Å². The number of hydrogen-bond donors (Lipinski definition) is 2. The van der Waals surface area contributed by atoms with E-state index in [9.17, 15) is 18.4 Å². The molecule has 8 nitrogen and oxygen atoms in total. The van der Waals surface area contributed by atoms with Crippen LogP contribution >= 0.6 is 11.3 Å². The summed E-state index contributed by atoms with van der Waals surface area (Å²) in [4.78, 5) is 29.6. The molecule has 2 heterocycles. The van der Waals surface area contributed by atoms with Gasteiger partial charge in [0.2, 0.25) is 0 Å². The highest BCUT2D eigenvalue weighted by molar-refractivity contribution is 7.12. The number of carbonyl (C=O) groups excluding carboxylic acids is 2. The van der Waals surface area contributed by atoms with E-state index in [1.807, 2.05) is 0 Å². The van der Waals surface area contributed by atoms with Gasteiger partial charge < -0.3 is 15.4 Å². The van der Waals surface area contributed by atoms with Crippen molar-refractivity contribution in [2.45, 2.75) is 38.8 Å². The summed E-state index contributed by atoms with van der Waals surface area (Å²) in [5.74, 6) is -1.69. The number of amides is 2. The van der Waals surface area contributed by atoms with Gasteiger partial charge in [0.25, 0.3) is 5.91 Å². The molecule has 0 bridgehead atoms. The first-order valence-electron chi connectivity index (χ1n) is 10.2. The summed E-state index contributed by atoms with van der Waals surface area (Å²) < 4.78 is 33.8. The number of aryl methyl sites for hydroxylation is 1. The third-order valence-electron chi connectivity index (χ3n) is 4.49. The van der Waals surface area contributed by atoms with Gasteiger partial charge in [0.1, 0.15) is 11.9 Å². The Bertz CT molecular complexity index is 1140. The van der Waals surface area contributed by atoms with Crippen LogP contribution in [0.2, 0.25) is 0 Å². The standard InChI is InChI=1S/C22H25F2N5O3S/c1-22(2,3)32-21(31)25-10-15(7-13-5-6-16(23)17(24)8-13)28-20(30)18-9-14(11-33-18)19-26-12-27-29(19)4/h5-6,8-9,11-12,15H,7,10H2,1-4H3,(H,25,31)(H,28,30)/t15-/m0/s1. The number of benzene rings is 1. The average molecular weight is 478 g/mol. The van der Waals surface area contributed by atoms with Crippen molar-refractivity contribution >= 4 is 23.3 Å². The van der Waals surface area contributed by atoms with Gasteiger partial charge in [-0.15, -0.1) is 11.3 Å². The van der Waals surface area contributed by atoms with Gasteiger partial charge in [0.05, 0.1) is 10.9 Å². The third-order valence-corrected chi connectivity index (χ3v) is 5.41. The maximum atomic E-state index is 13.7. The van der Waals surface area contributed by atoms with Crippen LogP contribution in [-0.2, 0) is 18.2 Å². The van der Waals surface area contributed by atoms with E-state index in [1.165, 1.54) is 23.7 Å². The lowest BCUT2D eigenvalue weighted by atomic mass is 10.1. The van der Waals surface area contributed by atoms with Gasteiger partial charge in [-0.2, -0.15) is 5.10 Å². The number of thiophene rings is 1. The van der Waals surface area contributed by atoms with Crippen LogP contribution in [0.15, 0.2) is 36.0 Å². The molecule has 2 amide bonds. The maximum Gasteiger partial charge on any atom is 0.407 e. The Labute approximate surface area is 194 Å². The van der Waals surface area contributed by atoms with Crippen LogP contribution in [0, 0.1) is 11.6 Å². The maximum absolute atomic E-state index is 13.7. The first kappa shape index (κ1) is 24.3. The molecule has 0 unspecified atom stereocenters. The molecule has 0 saturated carbocycles. The first-order valence-corrected chi connectivity index (χ1v) is 11.0. The molecule has 3 rings (SSSR count). The first-order chi connectivity index (χ1) is 15.5. The lowest BCUT2D eigenvalue weighted by Crippen LogP contribution is -2.46. The van der Waals surface area contributed by atoms with Crippen LogP contribution in [0.4, 0.5) is 13.6 Å². The number of carbonyl (C=O) groups is 2. The molecule has 11 heteroatoms. The van der Waals surface area contributed by atoms with Gasteiger partial charge in [-0.25, -0.2) is 23.2 Å². The third kappa shape index (κ3) is 6.82. The molecule has 3 aromatic rings. The van der Waals surface area contributed by atoms with Crippen molar-refractivity contribution in [1.82, 2.24) is 25.4 Å². The van der Waals surface area contributed by atoms with Crippen molar-refractivity contribution in [1.29, 1.82) is 0 Å². The Morgan fingerprint density at radius 1 is 1.21 bits per heavy atom. The Hall–Kier alpha value is -3.34. The minimum Gasteiger partial charge on any atom is -0.444 e. The van der Waals surface area contributed by atoms with Crippen molar-refractivity contribution in [3.8, 4) is 11.4 Å². The fourth-order valence-corrected chi connectivity index (χ4v) is 3.82. The van der Waals surface area contributed by atoms with Gasteiger partial charge in [-0.05, 0) is 51.0 Å². The average Bonchev–Trinajstić information content (AvgIpc) is 3.36. The van der Waals surface area contributed by atoms with Crippen molar-refractivity contribution in [3.05, 3.63) is 58.0 Å². The Morgan fingerprint density at radius 3 is 2.61 bits per heavy atom. The van der Waals surface area contributed by atoms with E-state index in [2.05, 4.69) is 20.7 Å². The van der Waals surface area contributed by atoms with Gasteiger partial charge in [-0.3, -0.25) is 4.79 Å². The molecule has 0 fully saturated rings. The van der Waals surface area contributed by atoms with Gasteiger partial charge >= 0.3 is 6.09 Å². The lowest BCUT2D eigenvalue weighted by molar-refractivity contribution is 0.0519. The van der Waals surface area contributed by atoms with Gasteiger partial charge in [0.15, 0.2) is 17.5 Å². The van der Waals surface area contributed by atoms with Crippen molar-refractivity contribution in [2.75, 3.05) is 6.54 Å². The molecule has 33 heavy (non-hydrogen) atoms. The quantitative estimate of drug-likeness (QED) is 0.541. The molecule has 2 aromatic heterocycles. The summed E-state index contributed by atoms with van der Waals surface area (Å²) in [5.41, 5.74) is 0.529. The number of rotatable bonds is 7. The molecular formula is C22H25F2N5O3S. The van der Waals surface area contributed by atoms with Crippen molar-refractivity contribution in [3.63, 3.8) is 0 Å². The summed E-state index contributed by atoms with van der Waals surface area (Å²) in [6.07, 6.45) is 0.945. The lowest BCUT2D eigenvalue weighted by Gasteiger charge is -2.23. The van der Waals surface area contributed by atoms with E-state index in [-0.39, 0.29) is 18.9 Å². The van der Waals surface area contributed by atoms with Crippen LogP contribution in [-0.4, -0.2) is 45.0 Å². The number of ether oxygens (including phenoxy) is 1. The summed E-state index contributed by atoms with van der Waals surface area (Å²) >= 11 is 1.23. The number of aromatic nitrogens is 3. The van der Waals surface area contributed by atoms with E-state index < -0.39 is 29.4 Å². The summed E-state index contributed by atoms with van der Waals surface area (Å²) in [6, 6.07) is 4.62. The topological polar surface area (TPSA) is 98.1 Å². The Kier molecular flexibility index (Phi) is 7.42. The molecule has 0 aliphatic heterocycles. The van der Waals surface area contributed by atoms with E-state index in [1.54, 1.807) is 43.9 Å². The van der Waals surface area contributed by atoms with E-state index in [0.717, 1.165) is 17.7 Å². The SMILES string of the molecule is Cn1ncnc1-c1csc(C(=O)N[C@H](CNC(=O)OC(C)(C)C)Cc2ccc(F)c(F)c2)c1. The van der Waals surface area contributed by atoms with Crippen molar-refractivity contribution in [2.24, 2.45) is 7.05 Å². The number of nitrogens with zero attached hydrogens (tertiary/aromatic N) is 3. The monoisotopic (exact) mass is 477 g/mol. The van der Waals surface area contributed by atoms with Crippen molar-refractivity contribution < 1.29 is 23.1 Å². The Balaban J connectivity index is 1.73. The molecule has 1 atom stereocenters. The highest BCUT2D eigenvalue weighted by Gasteiger charge is 2.21. The zero-order chi connectivity index (χ0) is 24.2. The minimum atomic E-state index is -0.982. The number of alkyl carbamates (subject to hydrolysis) is 1. The molecule has 0 radical (unpaired) electrons. The molecule has 0 saturated heterocycles. The zero-order valence-corrected chi connectivity index (χ0v) is 19.5. The second-order valence-electron chi connectivity index (χ2n) is 8.41. The second-order valence-corrected chi connectivity index (χ2v) is 9.32. The molecule has 2 N–H and O–H groups in total. The smallest absolute Gasteiger partial charge is 0.407 e. The number of hydrogen-bond acceptors (Lipinski definition) is 6. The van der Waals surface area contributed by atoms with Crippen LogP contribution in [0.5, 0.6) is 0 Å². The van der Waals surface area contributed by atoms with Gasteiger partial charge in [0, 0.05) is 24.5 Å². The molecule has 0 aliphatic rings. The zero-order valence-electron chi connectivity index (χ0n) is 18.7. The number of nitrogens with one attached hydrogen (secondary N) is 2. The predicted octanol–water partition coefficient (Wildman–Crippen LogP) is 3.69. The normalized spacial score (nSPS) is 12.3. The van der Waals surface area contributed by atoms with Crippen LogP contribution < -0.4 is 10.6 Å². The summed E-state index contributed by atoms with van der Waals surface area (Å²) in [6.45, 7) is 5.23. The van der Waals surface area contributed by atoms with Crippen LogP contribution in [0.3, 0.4) is 0 Å². The van der Waals surface area contributed by atoms with Crippen LogP contribution in [0.25, 0.3) is 11.4 Å². The molecule has 0 aliphatic carbocycles. The fraction of sp³-hybridized carbons (Fsp3) is 0.364. The highest BCUT2D eigenvalue weighted by Crippen LogP contribution is 2.23. The predicted molar refractivity (Wildman–Crippen MR) is 120 cm³/mol. The molecular weight excluding hydrogens is 452 g/mol. The van der Waals surface area contributed by atoms with E-state index >= 15 is 0 Å². The largest absolute Gasteiger partial charge is 0.444 e. The number of halogens is 2. The van der Waals surface area contributed by atoms with E-state index in [4.69, 9.17) is 4.74 Å². The van der Waals surface area contributed by atoms with Gasteiger partial charge in [-0.1, -0.05) is 6.07 Å². The summed E-state index contributed by atoms with van der Waals surface area (Å²) in [7, 11) is 1.75. The highest BCUT2D eigenvalue weighted by atomic mass is 32.1. The molecule has 176 valence electrons.